The van der Waals surface area contributed by atoms with Crippen molar-refractivity contribution >= 4 is 17.9 Å². The predicted octanol–water partition coefficient (Wildman–Crippen LogP) is 15.8. The molecule has 0 aromatic rings. The number of carbonyl (C=O) groups excluding carboxylic acids is 2. The normalized spacial score (nSPS) is 13.6. The minimum atomic E-state index is -1.52. The van der Waals surface area contributed by atoms with Crippen LogP contribution in [0.4, 0.5) is 0 Å². The molecular formula is C60H102NO8+. The van der Waals surface area contributed by atoms with Crippen LogP contribution in [0.2, 0.25) is 0 Å². The summed E-state index contributed by atoms with van der Waals surface area (Å²) < 4.78 is 22.8. The number of likely N-dealkylation sites (N-methyl/N-ethyl adjacent to an activating group) is 1. The first-order chi connectivity index (χ1) is 33.6. The number of hydrogen-bond donors (Lipinski definition) is 1. The van der Waals surface area contributed by atoms with Crippen LogP contribution in [0.15, 0.2) is 97.2 Å². The first-order valence-electron chi connectivity index (χ1n) is 27.4. The zero-order chi connectivity index (χ0) is 50.6. The third-order valence-corrected chi connectivity index (χ3v) is 11.3. The number of carboxylic acids is 1. The molecule has 0 rings (SSSR count). The van der Waals surface area contributed by atoms with E-state index in [0.29, 0.717) is 17.4 Å². The van der Waals surface area contributed by atoms with Gasteiger partial charge in [-0.1, -0.05) is 201 Å². The monoisotopic (exact) mass is 965 g/mol. The van der Waals surface area contributed by atoms with Crippen molar-refractivity contribution in [1.29, 1.82) is 0 Å². The molecule has 0 saturated carbocycles. The third kappa shape index (κ3) is 51.9. The lowest BCUT2D eigenvalue weighted by Gasteiger charge is -2.25. The van der Waals surface area contributed by atoms with Gasteiger partial charge in [0.05, 0.1) is 34.4 Å². The average molecular weight is 965 g/mol. The van der Waals surface area contributed by atoms with Crippen molar-refractivity contribution in [3.05, 3.63) is 97.2 Å². The molecule has 0 aromatic heterocycles. The van der Waals surface area contributed by atoms with Gasteiger partial charge in [0.1, 0.15) is 13.2 Å². The summed E-state index contributed by atoms with van der Waals surface area (Å²) in [6, 6.07) is 0. The quantitative estimate of drug-likeness (QED) is 0.0211. The van der Waals surface area contributed by atoms with Gasteiger partial charge < -0.3 is 28.5 Å². The van der Waals surface area contributed by atoms with E-state index in [1.165, 1.54) is 64.2 Å². The van der Waals surface area contributed by atoms with E-state index in [1.54, 1.807) is 0 Å². The lowest BCUT2D eigenvalue weighted by atomic mass is 10.0. The van der Waals surface area contributed by atoms with Gasteiger partial charge in [-0.15, -0.1) is 0 Å². The second-order valence-electron chi connectivity index (χ2n) is 19.1. The lowest BCUT2D eigenvalue weighted by molar-refractivity contribution is -0.870. The Balaban J connectivity index is 4.33. The van der Waals surface area contributed by atoms with Crippen molar-refractivity contribution in [3.63, 3.8) is 0 Å². The molecule has 0 bridgehead atoms. The van der Waals surface area contributed by atoms with Crippen LogP contribution in [-0.2, 0) is 33.3 Å². The molecule has 0 heterocycles. The molecule has 0 radical (unpaired) electrons. The number of nitrogens with zero attached hydrogens (tertiary/aromatic N) is 1. The van der Waals surface area contributed by atoms with Gasteiger partial charge >= 0.3 is 17.9 Å². The molecular weight excluding hydrogens is 863 g/mol. The fourth-order valence-corrected chi connectivity index (χ4v) is 7.17. The van der Waals surface area contributed by atoms with E-state index in [9.17, 15) is 19.5 Å². The zero-order valence-corrected chi connectivity index (χ0v) is 44.7. The Morgan fingerprint density at radius 3 is 1.16 bits per heavy atom. The highest BCUT2D eigenvalue weighted by Crippen LogP contribution is 2.15. The smallest absolute Gasteiger partial charge is 0.361 e. The predicted molar refractivity (Wildman–Crippen MR) is 290 cm³/mol. The maximum absolute atomic E-state index is 12.9. The van der Waals surface area contributed by atoms with Gasteiger partial charge in [0.2, 0.25) is 0 Å². The molecule has 9 nitrogen and oxygen atoms in total. The fraction of sp³-hybridized carbons (Fsp3) is 0.683. The van der Waals surface area contributed by atoms with E-state index in [0.717, 1.165) is 109 Å². The number of quaternary nitrogens is 1. The number of esters is 2. The van der Waals surface area contributed by atoms with Gasteiger partial charge in [0.15, 0.2) is 6.10 Å². The van der Waals surface area contributed by atoms with Gasteiger partial charge in [-0.05, 0) is 89.9 Å². The maximum atomic E-state index is 12.9. The summed E-state index contributed by atoms with van der Waals surface area (Å²) in [7, 11) is 5.95. The third-order valence-electron chi connectivity index (χ3n) is 11.3. The average Bonchev–Trinajstić information content (AvgIpc) is 3.31. The summed E-state index contributed by atoms with van der Waals surface area (Å²) in [6.45, 7) is 4.63. The lowest BCUT2D eigenvalue weighted by Crippen LogP contribution is -2.40. The molecule has 1 N–H and O–H groups in total. The molecule has 2 atom stereocenters. The van der Waals surface area contributed by atoms with Crippen LogP contribution in [0.3, 0.4) is 0 Å². The van der Waals surface area contributed by atoms with Gasteiger partial charge in [-0.25, -0.2) is 4.79 Å². The number of carbonyl (C=O) groups is 3. The highest BCUT2D eigenvalue weighted by Gasteiger charge is 2.25. The Bertz CT molecular complexity index is 1450. The Morgan fingerprint density at radius 1 is 0.435 bits per heavy atom. The Labute approximate surface area is 422 Å². The summed E-state index contributed by atoms with van der Waals surface area (Å²) in [5, 5.41) is 9.69. The van der Waals surface area contributed by atoms with Crippen LogP contribution in [0, 0.1) is 0 Å². The molecule has 394 valence electrons. The van der Waals surface area contributed by atoms with Gasteiger partial charge in [0.25, 0.3) is 6.29 Å². The molecule has 0 aliphatic carbocycles. The minimum absolute atomic E-state index is 0.180. The van der Waals surface area contributed by atoms with Crippen LogP contribution in [0.5, 0.6) is 0 Å². The number of rotatable bonds is 49. The maximum Gasteiger partial charge on any atom is 0.361 e. The molecule has 0 aromatic carbocycles. The van der Waals surface area contributed by atoms with E-state index < -0.39 is 24.3 Å². The first-order valence-corrected chi connectivity index (χ1v) is 27.4. The summed E-state index contributed by atoms with van der Waals surface area (Å²) in [5.41, 5.74) is 0. The molecule has 69 heavy (non-hydrogen) atoms. The van der Waals surface area contributed by atoms with E-state index in [-0.39, 0.29) is 38.6 Å². The summed E-state index contributed by atoms with van der Waals surface area (Å²) in [5.74, 6) is -2.03. The van der Waals surface area contributed by atoms with Crippen molar-refractivity contribution < 1.29 is 42.9 Å². The van der Waals surface area contributed by atoms with Gasteiger partial charge in [-0.3, -0.25) is 9.59 Å². The van der Waals surface area contributed by atoms with Gasteiger partial charge in [-0.2, -0.15) is 0 Å². The van der Waals surface area contributed by atoms with E-state index >= 15 is 0 Å². The molecule has 9 heteroatoms. The van der Waals surface area contributed by atoms with Crippen LogP contribution in [-0.4, -0.2) is 87.4 Å². The van der Waals surface area contributed by atoms with Crippen molar-refractivity contribution in [1.82, 2.24) is 0 Å². The Hall–Kier alpha value is -3.79. The van der Waals surface area contributed by atoms with E-state index in [1.807, 2.05) is 21.1 Å². The largest absolute Gasteiger partial charge is 0.477 e. The number of aliphatic carboxylic acids is 1. The number of unbranched alkanes of at least 4 members (excludes halogenated alkanes) is 18. The van der Waals surface area contributed by atoms with Crippen LogP contribution in [0.1, 0.15) is 206 Å². The van der Waals surface area contributed by atoms with Crippen molar-refractivity contribution in [2.24, 2.45) is 0 Å². The van der Waals surface area contributed by atoms with Gasteiger partial charge in [0, 0.05) is 12.8 Å². The minimum Gasteiger partial charge on any atom is -0.477 e. The van der Waals surface area contributed by atoms with Crippen molar-refractivity contribution in [3.8, 4) is 0 Å². The Kier molecular flexibility index (Phi) is 47.8. The highest BCUT2D eigenvalue weighted by molar-refractivity contribution is 5.71. The molecule has 0 amide bonds. The highest BCUT2D eigenvalue weighted by atomic mass is 16.7. The summed E-state index contributed by atoms with van der Waals surface area (Å²) in [4.78, 5) is 37.4. The standard InChI is InChI=1S/C60H101NO8/c1-6-8-10-12-14-16-18-20-22-24-26-28-29-31-33-35-37-39-41-43-45-47-49-51-58(63)69-56(55-68-60(59(64)65)66-53-52-61(3,4)5)54-67-57(62)50-48-46-44-42-40-38-36-34-32-30-27-25-23-21-19-17-15-13-11-9-7-2/h8-11,14-17,20-23,26-28,30,56,60H,6-7,12-13,18-19,24-25,29,31-55H2,1-5H3/p+1/b10-8-,11-9-,16-14-,17-15-,22-20-,23-21-,28-26-,30-27-. The Morgan fingerprint density at radius 2 is 0.783 bits per heavy atom. The first kappa shape index (κ1) is 65.2. The number of allylic oxidation sites excluding steroid dienone is 16. The second kappa shape index (κ2) is 50.6. The second-order valence-corrected chi connectivity index (χ2v) is 19.1. The zero-order valence-electron chi connectivity index (χ0n) is 44.7. The molecule has 0 aliphatic rings. The van der Waals surface area contributed by atoms with E-state index in [2.05, 4.69) is 111 Å². The molecule has 0 aliphatic heterocycles. The molecule has 0 fully saturated rings. The SMILES string of the molecule is CC/C=C\C/C=C\C/C=C\C/C=C\CCCCCCCCCCCCC(=O)OC(COC(=O)CCCCCCCCCC/C=C\C/C=C\C/C=C\C/C=C\CC)COC(OCC[N+](C)(C)C)C(=O)O. The topological polar surface area (TPSA) is 108 Å². The fourth-order valence-electron chi connectivity index (χ4n) is 7.17. The van der Waals surface area contributed by atoms with Crippen molar-refractivity contribution in [2.45, 2.75) is 219 Å². The van der Waals surface area contributed by atoms with Crippen LogP contribution < -0.4 is 0 Å². The van der Waals surface area contributed by atoms with Crippen LogP contribution in [0.25, 0.3) is 0 Å². The molecule has 2 unspecified atom stereocenters. The summed E-state index contributed by atoms with van der Waals surface area (Å²) in [6.07, 6.45) is 64.7. The van der Waals surface area contributed by atoms with Crippen molar-refractivity contribution in [2.75, 3.05) is 47.5 Å². The molecule has 0 saturated heterocycles. The molecule has 0 spiro atoms. The number of ether oxygens (including phenoxy) is 4. The number of carboxylic acid groups (broad SMARTS) is 1. The van der Waals surface area contributed by atoms with Crippen LogP contribution >= 0.6 is 0 Å². The number of hydrogen-bond acceptors (Lipinski definition) is 7. The summed E-state index contributed by atoms with van der Waals surface area (Å²) >= 11 is 0. The van der Waals surface area contributed by atoms with E-state index in [4.69, 9.17) is 18.9 Å².